The Balaban J connectivity index is 1.83. The number of hydrogen-bond acceptors (Lipinski definition) is 4. The summed E-state index contributed by atoms with van der Waals surface area (Å²) in [6.45, 7) is 0.0385. The van der Waals surface area contributed by atoms with Crippen LogP contribution in [0.3, 0.4) is 0 Å². The molecule has 114 valence electrons. The van der Waals surface area contributed by atoms with E-state index >= 15 is 0 Å². The molecule has 0 aliphatic carbocycles. The van der Waals surface area contributed by atoms with Crippen molar-refractivity contribution in [2.45, 2.75) is 6.61 Å². The van der Waals surface area contributed by atoms with Gasteiger partial charge in [-0.1, -0.05) is 24.3 Å². The molecule has 3 heterocycles. The van der Waals surface area contributed by atoms with Crippen LogP contribution in [-0.4, -0.2) is 29.5 Å². The third kappa shape index (κ3) is 2.39. The van der Waals surface area contributed by atoms with Gasteiger partial charge in [-0.2, -0.15) is 10.2 Å². The SMILES string of the molecule is Cn1cc(-c2ccc3ncc(-c4ccc(CO)cc4)n3n2)cn1. The number of hydrogen-bond donors (Lipinski definition) is 1. The summed E-state index contributed by atoms with van der Waals surface area (Å²) in [5, 5.41) is 18.0. The Labute approximate surface area is 132 Å². The average Bonchev–Trinajstić information content (AvgIpc) is 3.20. The third-order valence-corrected chi connectivity index (χ3v) is 3.80. The summed E-state index contributed by atoms with van der Waals surface area (Å²) in [7, 11) is 1.88. The highest BCUT2D eigenvalue weighted by atomic mass is 16.3. The molecular formula is C17H15N5O. The number of nitrogens with zero attached hydrogens (tertiary/aromatic N) is 5. The van der Waals surface area contributed by atoms with Gasteiger partial charge in [0.1, 0.15) is 0 Å². The van der Waals surface area contributed by atoms with E-state index in [2.05, 4.69) is 15.2 Å². The molecule has 0 amide bonds. The van der Waals surface area contributed by atoms with E-state index in [9.17, 15) is 0 Å². The van der Waals surface area contributed by atoms with Gasteiger partial charge in [-0.05, 0) is 17.7 Å². The molecule has 0 aliphatic rings. The van der Waals surface area contributed by atoms with Gasteiger partial charge in [0.2, 0.25) is 0 Å². The summed E-state index contributed by atoms with van der Waals surface area (Å²) in [6, 6.07) is 11.6. The number of aliphatic hydroxyl groups is 1. The lowest BCUT2D eigenvalue weighted by molar-refractivity contribution is 0.282. The standard InChI is InChI=1S/C17H15N5O/c1-21-10-14(8-19-21)15-6-7-17-18-9-16(22(17)20-15)13-4-2-12(11-23)3-5-13/h2-10,23H,11H2,1H3. The van der Waals surface area contributed by atoms with Crippen LogP contribution >= 0.6 is 0 Å². The van der Waals surface area contributed by atoms with E-state index in [4.69, 9.17) is 5.11 Å². The number of fused-ring (bicyclic) bond motifs is 1. The Morgan fingerprint density at radius 1 is 1.00 bits per heavy atom. The maximum absolute atomic E-state index is 9.16. The molecule has 0 radical (unpaired) electrons. The summed E-state index contributed by atoms with van der Waals surface area (Å²) in [6.07, 6.45) is 5.53. The van der Waals surface area contributed by atoms with Crippen molar-refractivity contribution in [2.24, 2.45) is 7.05 Å². The first-order chi connectivity index (χ1) is 11.2. The maximum Gasteiger partial charge on any atom is 0.154 e. The van der Waals surface area contributed by atoms with Crippen LogP contribution in [0.2, 0.25) is 0 Å². The minimum atomic E-state index is 0.0385. The van der Waals surface area contributed by atoms with Crippen molar-refractivity contribution in [3.8, 4) is 22.5 Å². The minimum absolute atomic E-state index is 0.0385. The van der Waals surface area contributed by atoms with Crippen molar-refractivity contribution in [1.29, 1.82) is 0 Å². The largest absolute Gasteiger partial charge is 0.392 e. The van der Waals surface area contributed by atoms with Gasteiger partial charge in [-0.15, -0.1) is 0 Å². The zero-order chi connectivity index (χ0) is 15.8. The fourth-order valence-electron chi connectivity index (χ4n) is 2.56. The monoisotopic (exact) mass is 305 g/mol. The Hall–Kier alpha value is -2.99. The van der Waals surface area contributed by atoms with Crippen molar-refractivity contribution in [3.63, 3.8) is 0 Å². The number of rotatable bonds is 3. The Kier molecular flexibility index (Phi) is 3.17. The quantitative estimate of drug-likeness (QED) is 0.630. The molecule has 23 heavy (non-hydrogen) atoms. The van der Waals surface area contributed by atoms with Crippen LogP contribution in [0.15, 0.2) is 55.0 Å². The Morgan fingerprint density at radius 2 is 1.83 bits per heavy atom. The van der Waals surface area contributed by atoms with Crippen LogP contribution in [0.1, 0.15) is 5.56 Å². The van der Waals surface area contributed by atoms with Crippen molar-refractivity contribution in [2.75, 3.05) is 0 Å². The number of aliphatic hydroxyl groups excluding tert-OH is 1. The lowest BCUT2D eigenvalue weighted by atomic mass is 10.1. The molecule has 4 aromatic rings. The van der Waals surface area contributed by atoms with E-state index in [-0.39, 0.29) is 6.61 Å². The van der Waals surface area contributed by atoms with Gasteiger partial charge in [0.25, 0.3) is 0 Å². The summed E-state index contributed by atoms with van der Waals surface area (Å²) in [5.74, 6) is 0. The highest BCUT2D eigenvalue weighted by molar-refractivity contribution is 5.65. The molecule has 0 unspecified atom stereocenters. The first-order valence-corrected chi connectivity index (χ1v) is 7.28. The molecule has 0 atom stereocenters. The molecule has 6 nitrogen and oxygen atoms in total. The fourth-order valence-corrected chi connectivity index (χ4v) is 2.56. The van der Waals surface area contributed by atoms with Gasteiger partial charge in [0, 0.05) is 24.4 Å². The molecule has 4 rings (SSSR count). The van der Waals surface area contributed by atoms with Crippen LogP contribution < -0.4 is 0 Å². The summed E-state index contributed by atoms with van der Waals surface area (Å²) < 4.78 is 3.58. The number of benzene rings is 1. The van der Waals surface area contributed by atoms with Gasteiger partial charge in [-0.3, -0.25) is 4.68 Å². The molecule has 0 fully saturated rings. The predicted octanol–water partition coefficient (Wildman–Crippen LogP) is 2.29. The third-order valence-electron chi connectivity index (χ3n) is 3.80. The second-order valence-corrected chi connectivity index (χ2v) is 5.39. The Morgan fingerprint density at radius 3 is 2.52 bits per heavy atom. The zero-order valence-electron chi connectivity index (χ0n) is 12.6. The fraction of sp³-hybridized carbons (Fsp3) is 0.118. The van der Waals surface area contributed by atoms with E-state index in [1.54, 1.807) is 10.9 Å². The highest BCUT2D eigenvalue weighted by Gasteiger charge is 2.10. The summed E-state index contributed by atoms with van der Waals surface area (Å²) in [5.41, 5.74) is 5.40. The second kappa shape index (κ2) is 5.33. The van der Waals surface area contributed by atoms with E-state index in [0.29, 0.717) is 0 Å². The molecule has 0 saturated carbocycles. The second-order valence-electron chi connectivity index (χ2n) is 5.39. The van der Waals surface area contributed by atoms with Gasteiger partial charge in [0.15, 0.2) is 5.65 Å². The van der Waals surface area contributed by atoms with Gasteiger partial charge in [-0.25, -0.2) is 9.50 Å². The van der Waals surface area contributed by atoms with E-state index in [1.165, 1.54) is 0 Å². The van der Waals surface area contributed by atoms with Gasteiger partial charge < -0.3 is 5.11 Å². The van der Waals surface area contributed by atoms with Crippen LogP contribution in [-0.2, 0) is 13.7 Å². The normalized spacial score (nSPS) is 11.2. The molecule has 1 aromatic carbocycles. The smallest absolute Gasteiger partial charge is 0.154 e. The summed E-state index contributed by atoms with van der Waals surface area (Å²) >= 11 is 0. The molecular weight excluding hydrogens is 290 g/mol. The van der Waals surface area contributed by atoms with Crippen LogP contribution in [0.5, 0.6) is 0 Å². The first kappa shape index (κ1) is 13.7. The van der Waals surface area contributed by atoms with Crippen molar-refractivity contribution < 1.29 is 5.11 Å². The number of aryl methyl sites for hydroxylation is 1. The molecule has 0 aliphatic heterocycles. The number of imidazole rings is 1. The van der Waals surface area contributed by atoms with E-state index in [1.807, 2.05) is 60.4 Å². The molecule has 1 N–H and O–H groups in total. The predicted molar refractivity (Wildman–Crippen MR) is 86.5 cm³/mol. The molecule has 0 bridgehead atoms. The van der Waals surface area contributed by atoms with Crippen molar-refractivity contribution >= 4 is 5.65 Å². The lowest BCUT2D eigenvalue weighted by Gasteiger charge is -2.04. The first-order valence-electron chi connectivity index (χ1n) is 7.28. The molecule has 3 aromatic heterocycles. The van der Waals surface area contributed by atoms with Gasteiger partial charge >= 0.3 is 0 Å². The molecule has 0 saturated heterocycles. The maximum atomic E-state index is 9.16. The molecule has 6 heteroatoms. The number of aromatic nitrogens is 5. The topological polar surface area (TPSA) is 68.2 Å². The zero-order valence-corrected chi connectivity index (χ0v) is 12.6. The van der Waals surface area contributed by atoms with Crippen molar-refractivity contribution in [3.05, 3.63) is 60.6 Å². The van der Waals surface area contributed by atoms with E-state index in [0.717, 1.165) is 33.7 Å². The van der Waals surface area contributed by atoms with E-state index < -0.39 is 0 Å². The molecule has 0 spiro atoms. The van der Waals surface area contributed by atoms with Crippen LogP contribution in [0, 0.1) is 0 Å². The lowest BCUT2D eigenvalue weighted by Crippen LogP contribution is -1.96. The van der Waals surface area contributed by atoms with Crippen molar-refractivity contribution in [1.82, 2.24) is 24.4 Å². The Bertz CT molecular complexity index is 968. The van der Waals surface area contributed by atoms with Gasteiger partial charge in [0.05, 0.1) is 30.4 Å². The summed E-state index contributed by atoms with van der Waals surface area (Å²) in [4.78, 5) is 4.41. The van der Waals surface area contributed by atoms with Crippen LogP contribution in [0.4, 0.5) is 0 Å². The minimum Gasteiger partial charge on any atom is -0.392 e. The van der Waals surface area contributed by atoms with Crippen LogP contribution in [0.25, 0.3) is 28.2 Å². The average molecular weight is 305 g/mol. The highest BCUT2D eigenvalue weighted by Crippen LogP contribution is 2.23.